The van der Waals surface area contributed by atoms with Gasteiger partial charge < -0.3 is 4.48 Å². The van der Waals surface area contributed by atoms with Gasteiger partial charge in [0.1, 0.15) is 6.54 Å². The molecule has 0 aliphatic rings. The fraction of sp³-hybridized carbons (Fsp3) is 0.714. The van der Waals surface area contributed by atoms with E-state index in [2.05, 4.69) is 37.1 Å². The van der Waals surface area contributed by atoms with Gasteiger partial charge in [-0.25, -0.2) is 0 Å². The summed E-state index contributed by atoms with van der Waals surface area (Å²) in [4.78, 5) is 0. The number of likely N-dealkylation sites (N-methyl/N-ethyl adjacent to an activating group) is 1. The number of halogens is 2. The number of hydrogen-bond donors (Lipinski definition) is 0. The molecule has 0 saturated carbocycles. The highest BCUT2D eigenvalue weighted by molar-refractivity contribution is 9.11. The summed E-state index contributed by atoms with van der Waals surface area (Å²) >= 11 is 9.17. The molecule has 0 atom stereocenters. The molecule has 0 aliphatic heterocycles. The summed E-state index contributed by atoms with van der Waals surface area (Å²) in [6.45, 7) is 2.83. The second-order valence-corrected chi connectivity index (χ2v) is 4.91. The number of allylic oxidation sites excluding steroid dienone is 1. The van der Waals surface area contributed by atoms with Gasteiger partial charge in [-0.3, -0.25) is 0 Å². The van der Waals surface area contributed by atoms with Crippen LogP contribution in [0, 0.1) is 0 Å². The molecule has 0 radical (unpaired) electrons. The van der Waals surface area contributed by atoms with Gasteiger partial charge in [0.25, 0.3) is 0 Å². The van der Waals surface area contributed by atoms with Crippen LogP contribution in [0.25, 0.3) is 0 Å². The van der Waals surface area contributed by atoms with Gasteiger partial charge in [0, 0.05) is 5.03 Å². The second kappa shape index (κ2) is 3.74. The molecule has 0 rings (SSSR count). The van der Waals surface area contributed by atoms with Gasteiger partial charge >= 0.3 is 0 Å². The maximum Gasteiger partial charge on any atom is 0.111 e. The van der Waals surface area contributed by atoms with Crippen molar-refractivity contribution in [2.24, 2.45) is 0 Å². The molecular formula is C7H14BrClN+. The van der Waals surface area contributed by atoms with E-state index in [1.54, 1.807) is 0 Å². The van der Waals surface area contributed by atoms with Crippen LogP contribution in [0.4, 0.5) is 0 Å². The third kappa shape index (κ3) is 5.27. The Morgan fingerprint density at radius 1 is 1.40 bits per heavy atom. The molecule has 10 heavy (non-hydrogen) atoms. The van der Waals surface area contributed by atoms with Gasteiger partial charge in [-0.1, -0.05) is 11.6 Å². The lowest BCUT2D eigenvalue weighted by Crippen LogP contribution is -2.35. The van der Waals surface area contributed by atoms with Crippen molar-refractivity contribution in [3.63, 3.8) is 0 Å². The Hall–Kier alpha value is 0.470. The Kier molecular flexibility index (Phi) is 3.92. The number of rotatable bonds is 2. The van der Waals surface area contributed by atoms with Crippen molar-refractivity contribution in [1.29, 1.82) is 0 Å². The van der Waals surface area contributed by atoms with Crippen molar-refractivity contribution < 1.29 is 4.48 Å². The number of nitrogens with zero attached hydrogens (tertiary/aromatic N) is 1. The molecule has 3 heteroatoms. The van der Waals surface area contributed by atoms with E-state index < -0.39 is 0 Å². The van der Waals surface area contributed by atoms with E-state index in [1.165, 1.54) is 0 Å². The normalized spacial score (nSPS) is 15.0. The van der Waals surface area contributed by atoms with Crippen LogP contribution < -0.4 is 0 Å². The molecule has 0 N–H and O–H groups in total. The molecule has 0 aromatic rings. The summed E-state index contributed by atoms with van der Waals surface area (Å²) in [5, 5.41) is 0.841. The first-order valence-corrected chi connectivity index (χ1v) is 4.31. The summed E-state index contributed by atoms with van der Waals surface area (Å²) in [7, 11) is 6.38. The average Bonchev–Trinajstić information content (AvgIpc) is 1.60. The van der Waals surface area contributed by atoms with Gasteiger partial charge in [0.05, 0.1) is 25.6 Å². The van der Waals surface area contributed by atoms with Crippen LogP contribution in [0.1, 0.15) is 6.92 Å². The Balaban J connectivity index is 4.06. The largest absolute Gasteiger partial charge is 0.327 e. The molecule has 0 aromatic carbocycles. The van der Waals surface area contributed by atoms with Crippen LogP contribution in [0.15, 0.2) is 9.51 Å². The molecule has 0 aromatic heterocycles. The van der Waals surface area contributed by atoms with Crippen LogP contribution in [-0.4, -0.2) is 32.2 Å². The minimum atomic E-state index is 0.841. The third-order valence-corrected chi connectivity index (χ3v) is 2.29. The average molecular weight is 228 g/mol. The SMILES string of the molecule is C/C(Cl)=C(\Br)C[N+](C)(C)C. The fourth-order valence-electron chi connectivity index (χ4n) is 0.525. The predicted molar refractivity (Wildman–Crippen MR) is 50.4 cm³/mol. The van der Waals surface area contributed by atoms with Crippen LogP contribution >= 0.6 is 27.5 Å². The van der Waals surface area contributed by atoms with Crippen LogP contribution in [0.2, 0.25) is 0 Å². The van der Waals surface area contributed by atoms with Gasteiger partial charge in [-0.05, 0) is 22.9 Å². The quantitative estimate of drug-likeness (QED) is 0.636. The second-order valence-electron chi connectivity index (χ2n) is 3.39. The Morgan fingerprint density at radius 3 is 1.90 bits per heavy atom. The summed E-state index contributed by atoms with van der Waals surface area (Å²) < 4.78 is 1.98. The zero-order valence-corrected chi connectivity index (χ0v) is 9.25. The molecule has 0 fully saturated rings. The van der Waals surface area contributed by atoms with Gasteiger partial charge in [-0.2, -0.15) is 0 Å². The maximum absolute atomic E-state index is 5.76. The van der Waals surface area contributed by atoms with Crippen molar-refractivity contribution in [1.82, 2.24) is 0 Å². The summed E-state index contributed by atoms with van der Waals surface area (Å²) in [6, 6.07) is 0. The highest BCUT2D eigenvalue weighted by Crippen LogP contribution is 2.17. The lowest BCUT2D eigenvalue weighted by molar-refractivity contribution is -0.864. The molecule has 0 amide bonds. The van der Waals surface area contributed by atoms with E-state index in [1.807, 2.05) is 6.92 Å². The first kappa shape index (κ1) is 10.5. The van der Waals surface area contributed by atoms with Crippen molar-refractivity contribution in [3.05, 3.63) is 9.51 Å². The fourth-order valence-corrected chi connectivity index (χ4v) is 1.34. The summed E-state index contributed by atoms with van der Waals surface area (Å²) in [6.07, 6.45) is 0. The predicted octanol–water partition coefficient (Wildman–Crippen LogP) is 2.56. The Bertz CT molecular complexity index is 142. The molecule has 0 heterocycles. The van der Waals surface area contributed by atoms with Crippen LogP contribution in [0.3, 0.4) is 0 Å². The highest BCUT2D eigenvalue weighted by atomic mass is 79.9. The lowest BCUT2D eigenvalue weighted by atomic mass is 10.4. The smallest absolute Gasteiger partial charge is 0.111 e. The van der Waals surface area contributed by atoms with E-state index in [0.717, 1.165) is 20.5 Å². The van der Waals surface area contributed by atoms with E-state index in [4.69, 9.17) is 11.6 Å². The van der Waals surface area contributed by atoms with E-state index in [9.17, 15) is 0 Å². The van der Waals surface area contributed by atoms with Crippen molar-refractivity contribution in [2.75, 3.05) is 27.7 Å². The minimum Gasteiger partial charge on any atom is -0.327 e. The van der Waals surface area contributed by atoms with E-state index in [-0.39, 0.29) is 0 Å². The minimum absolute atomic E-state index is 0.841. The first-order valence-electron chi connectivity index (χ1n) is 3.14. The zero-order chi connectivity index (χ0) is 8.36. The highest BCUT2D eigenvalue weighted by Gasteiger charge is 2.09. The Morgan fingerprint density at radius 2 is 1.80 bits per heavy atom. The molecule has 0 unspecified atom stereocenters. The molecule has 0 bridgehead atoms. The van der Waals surface area contributed by atoms with E-state index >= 15 is 0 Å². The zero-order valence-electron chi connectivity index (χ0n) is 6.91. The number of hydrogen-bond acceptors (Lipinski definition) is 0. The van der Waals surface area contributed by atoms with Crippen molar-refractivity contribution >= 4 is 27.5 Å². The third-order valence-electron chi connectivity index (χ3n) is 0.987. The van der Waals surface area contributed by atoms with Crippen LogP contribution in [0.5, 0.6) is 0 Å². The van der Waals surface area contributed by atoms with Gasteiger partial charge in [0.2, 0.25) is 0 Å². The summed E-state index contributed by atoms with van der Waals surface area (Å²) in [5.74, 6) is 0. The lowest BCUT2D eigenvalue weighted by Gasteiger charge is -2.23. The van der Waals surface area contributed by atoms with Crippen LogP contribution in [-0.2, 0) is 0 Å². The molecule has 1 nitrogen and oxygen atoms in total. The Labute approximate surface area is 76.4 Å². The first-order chi connectivity index (χ1) is 4.33. The molecule has 60 valence electrons. The monoisotopic (exact) mass is 226 g/mol. The number of quaternary nitrogens is 1. The molecular weight excluding hydrogens is 213 g/mol. The topological polar surface area (TPSA) is 0 Å². The summed E-state index contributed by atoms with van der Waals surface area (Å²) in [5.41, 5.74) is 0. The molecule has 0 spiro atoms. The van der Waals surface area contributed by atoms with Crippen molar-refractivity contribution in [2.45, 2.75) is 6.92 Å². The van der Waals surface area contributed by atoms with Gasteiger partial charge in [-0.15, -0.1) is 0 Å². The molecule has 0 aliphatic carbocycles. The standard InChI is InChI=1S/C7H14BrClN/c1-6(9)7(8)5-10(2,3)4/h5H2,1-4H3/q+1/b7-6+. The maximum atomic E-state index is 5.76. The van der Waals surface area contributed by atoms with E-state index in [0.29, 0.717) is 0 Å². The van der Waals surface area contributed by atoms with Crippen molar-refractivity contribution in [3.8, 4) is 0 Å². The molecule has 0 saturated heterocycles. The van der Waals surface area contributed by atoms with Gasteiger partial charge in [0.15, 0.2) is 0 Å².